The van der Waals surface area contributed by atoms with Crippen molar-refractivity contribution >= 4 is 11.9 Å². The maximum Gasteiger partial charge on any atom is 0.319 e. The van der Waals surface area contributed by atoms with E-state index in [1.165, 1.54) is 0 Å². The maximum absolute atomic E-state index is 12.7. The van der Waals surface area contributed by atoms with Gasteiger partial charge in [0.15, 0.2) is 0 Å². The van der Waals surface area contributed by atoms with Gasteiger partial charge in [0.1, 0.15) is 0 Å². The summed E-state index contributed by atoms with van der Waals surface area (Å²) in [7, 11) is 3.47. The highest BCUT2D eigenvalue weighted by Gasteiger charge is 2.25. The van der Waals surface area contributed by atoms with Crippen LogP contribution in [0.3, 0.4) is 0 Å². The van der Waals surface area contributed by atoms with E-state index in [0.29, 0.717) is 38.2 Å². The van der Waals surface area contributed by atoms with Crippen LogP contribution in [0, 0.1) is 0 Å². The van der Waals surface area contributed by atoms with Crippen molar-refractivity contribution in [3.8, 4) is 0 Å². The standard InChI is InChI=1S/C19H29N3O3/c1-19(2,25)9-8-15-6-5-7-16(14-15)17(23)21-10-12-22(13-11-21)18(24)20(3)4/h5-7,14,25H,8-13H2,1-4H3. The Kier molecular flexibility index (Phi) is 6.06. The molecule has 2 rings (SSSR count). The molecule has 1 aliphatic rings. The van der Waals surface area contributed by atoms with Gasteiger partial charge < -0.3 is 19.8 Å². The third-order valence-corrected chi connectivity index (χ3v) is 4.42. The van der Waals surface area contributed by atoms with Crippen molar-refractivity contribution in [2.75, 3.05) is 40.3 Å². The van der Waals surface area contributed by atoms with E-state index in [2.05, 4.69) is 0 Å². The average molecular weight is 347 g/mol. The van der Waals surface area contributed by atoms with Crippen LogP contribution in [0.25, 0.3) is 0 Å². The van der Waals surface area contributed by atoms with Crippen LogP contribution in [-0.2, 0) is 6.42 Å². The van der Waals surface area contributed by atoms with Gasteiger partial charge in [-0.3, -0.25) is 4.79 Å². The van der Waals surface area contributed by atoms with Gasteiger partial charge in [-0.2, -0.15) is 0 Å². The van der Waals surface area contributed by atoms with E-state index in [1.54, 1.807) is 42.6 Å². The first-order valence-electron chi connectivity index (χ1n) is 8.74. The van der Waals surface area contributed by atoms with E-state index in [0.717, 1.165) is 12.0 Å². The smallest absolute Gasteiger partial charge is 0.319 e. The normalized spacial score (nSPS) is 15.2. The first-order chi connectivity index (χ1) is 11.7. The second kappa shape index (κ2) is 7.87. The zero-order valence-electron chi connectivity index (χ0n) is 15.7. The molecule has 1 aliphatic heterocycles. The van der Waals surface area contributed by atoms with Crippen LogP contribution in [0.1, 0.15) is 36.2 Å². The summed E-state index contributed by atoms with van der Waals surface area (Å²) < 4.78 is 0. The van der Waals surface area contributed by atoms with Gasteiger partial charge in [0, 0.05) is 45.8 Å². The average Bonchev–Trinajstić information content (AvgIpc) is 2.58. The van der Waals surface area contributed by atoms with Crippen molar-refractivity contribution in [1.29, 1.82) is 0 Å². The lowest BCUT2D eigenvalue weighted by molar-refractivity contribution is 0.0650. The Labute approximate surface area is 150 Å². The number of amides is 3. The van der Waals surface area contributed by atoms with Crippen LogP contribution in [-0.4, -0.2) is 77.6 Å². The minimum Gasteiger partial charge on any atom is -0.390 e. The molecule has 0 unspecified atom stereocenters. The van der Waals surface area contributed by atoms with Gasteiger partial charge in [0.05, 0.1) is 5.60 Å². The number of piperazine rings is 1. The first kappa shape index (κ1) is 19.2. The Morgan fingerprint density at radius 3 is 2.28 bits per heavy atom. The van der Waals surface area contributed by atoms with Crippen LogP contribution in [0.2, 0.25) is 0 Å². The third kappa shape index (κ3) is 5.46. The molecule has 1 aromatic rings. The van der Waals surface area contributed by atoms with Crippen molar-refractivity contribution in [3.63, 3.8) is 0 Å². The number of aryl methyl sites for hydroxylation is 1. The minimum atomic E-state index is -0.713. The molecule has 0 saturated carbocycles. The van der Waals surface area contributed by atoms with E-state index in [-0.39, 0.29) is 11.9 Å². The number of urea groups is 1. The third-order valence-electron chi connectivity index (χ3n) is 4.42. The molecule has 138 valence electrons. The Morgan fingerprint density at radius 1 is 1.12 bits per heavy atom. The Bertz CT molecular complexity index is 615. The maximum atomic E-state index is 12.7. The lowest BCUT2D eigenvalue weighted by Crippen LogP contribution is -2.52. The number of benzene rings is 1. The van der Waals surface area contributed by atoms with Gasteiger partial charge in [-0.25, -0.2) is 4.79 Å². The van der Waals surface area contributed by atoms with Gasteiger partial charge in [-0.15, -0.1) is 0 Å². The lowest BCUT2D eigenvalue weighted by Gasteiger charge is -2.36. The SMILES string of the molecule is CN(C)C(=O)N1CCN(C(=O)c2cccc(CCC(C)(C)O)c2)CC1. The van der Waals surface area contributed by atoms with E-state index >= 15 is 0 Å². The van der Waals surface area contributed by atoms with Crippen molar-refractivity contribution in [3.05, 3.63) is 35.4 Å². The number of hydrogen-bond donors (Lipinski definition) is 1. The molecule has 0 radical (unpaired) electrons. The zero-order chi connectivity index (χ0) is 18.6. The highest BCUT2D eigenvalue weighted by atomic mass is 16.3. The summed E-state index contributed by atoms with van der Waals surface area (Å²) in [4.78, 5) is 29.8. The topological polar surface area (TPSA) is 64.1 Å². The fraction of sp³-hybridized carbons (Fsp3) is 0.579. The highest BCUT2D eigenvalue weighted by Crippen LogP contribution is 2.16. The molecule has 1 saturated heterocycles. The fourth-order valence-corrected chi connectivity index (χ4v) is 2.88. The number of carbonyl (C=O) groups is 2. The minimum absolute atomic E-state index is 0.00191. The van der Waals surface area contributed by atoms with Crippen molar-refractivity contribution in [1.82, 2.24) is 14.7 Å². The molecule has 6 nitrogen and oxygen atoms in total. The van der Waals surface area contributed by atoms with Crippen molar-refractivity contribution in [2.24, 2.45) is 0 Å². The number of hydrogen-bond acceptors (Lipinski definition) is 3. The molecule has 1 heterocycles. The van der Waals surface area contributed by atoms with Crippen molar-refractivity contribution < 1.29 is 14.7 Å². The monoisotopic (exact) mass is 347 g/mol. The summed E-state index contributed by atoms with van der Waals surface area (Å²) in [5.74, 6) is 0.00191. The van der Waals surface area contributed by atoms with Gasteiger partial charge in [-0.1, -0.05) is 12.1 Å². The van der Waals surface area contributed by atoms with Crippen LogP contribution in [0.15, 0.2) is 24.3 Å². The molecule has 1 aromatic carbocycles. The van der Waals surface area contributed by atoms with Crippen LogP contribution < -0.4 is 0 Å². The second-order valence-electron chi connectivity index (χ2n) is 7.47. The quantitative estimate of drug-likeness (QED) is 0.904. The summed E-state index contributed by atoms with van der Waals surface area (Å²) >= 11 is 0. The summed E-state index contributed by atoms with van der Waals surface area (Å²) in [6.45, 7) is 5.79. The molecule has 0 spiro atoms. The predicted molar refractivity (Wildman–Crippen MR) is 97.6 cm³/mol. The number of aliphatic hydroxyl groups is 1. The van der Waals surface area contributed by atoms with Gasteiger partial charge in [-0.05, 0) is 44.4 Å². The molecule has 0 aromatic heterocycles. The molecular formula is C19H29N3O3. The van der Waals surface area contributed by atoms with Crippen molar-refractivity contribution in [2.45, 2.75) is 32.3 Å². The predicted octanol–water partition coefficient (Wildman–Crippen LogP) is 1.83. The first-order valence-corrected chi connectivity index (χ1v) is 8.74. The number of carbonyl (C=O) groups excluding carboxylic acids is 2. The van der Waals surface area contributed by atoms with E-state index < -0.39 is 5.60 Å². The number of rotatable bonds is 4. The molecule has 0 aliphatic carbocycles. The van der Waals surface area contributed by atoms with E-state index in [1.807, 2.05) is 24.3 Å². The lowest BCUT2D eigenvalue weighted by atomic mass is 9.97. The second-order valence-corrected chi connectivity index (χ2v) is 7.47. The molecule has 0 bridgehead atoms. The molecule has 25 heavy (non-hydrogen) atoms. The largest absolute Gasteiger partial charge is 0.390 e. The fourth-order valence-electron chi connectivity index (χ4n) is 2.88. The Balaban J connectivity index is 1.96. The van der Waals surface area contributed by atoms with Crippen LogP contribution >= 0.6 is 0 Å². The Hall–Kier alpha value is -2.08. The van der Waals surface area contributed by atoms with E-state index in [9.17, 15) is 14.7 Å². The summed E-state index contributed by atoms with van der Waals surface area (Å²) in [5, 5.41) is 9.86. The molecule has 0 atom stereocenters. The zero-order valence-corrected chi connectivity index (χ0v) is 15.7. The summed E-state index contributed by atoms with van der Waals surface area (Å²) in [5.41, 5.74) is 1.00. The molecule has 6 heteroatoms. The number of nitrogens with zero attached hydrogens (tertiary/aromatic N) is 3. The summed E-state index contributed by atoms with van der Waals surface area (Å²) in [6.07, 6.45) is 1.38. The van der Waals surface area contributed by atoms with Crippen LogP contribution in [0.5, 0.6) is 0 Å². The van der Waals surface area contributed by atoms with Crippen LogP contribution in [0.4, 0.5) is 4.79 Å². The highest BCUT2D eigenvalue weighted by molar-refractivity contribution is 5.94. The summed E-state index contributed by atoms with van der Waals surface area (Å²) in [6, 6.07) is 7.59. The van der Waals surface area contributed by atoms with E-state index in [4.69, 9.17) is 0 Å². The molecular weight excluding hydrogens is 318 g/mol. The van der Waals surface area contributed by atoms with Gasteiger partial charge in [0.2, 0.25) is 0 Å². The molecule has 1 N–H and O–H groups in total. The molecule has 3 amide bonds. The van der Waals surface area contributed by atoms with Gasteiger partial charge >= 0.3 is 6.03 Å². The van der Waals surface area contributed by atoms with Gasteiger partial charge in [0.25, 0.3) is 5.91 Å². The Morgan fingerprint density at radius 2 is 1.72 bits per heavy atom. The molecule has 1 fully saturated rings.